The summed E-state index contributed by atoms with van der Waals surface area (Å²) in [7, 11) is 3.86. The quantitative estimate of drug-likeness (QED) is 0.596. The number of fused-ring (bicyclic) bond motifs is 1. The monoisotopic (exact) mass is 447 g/mol. The van der Waals surface area contributed by atoms with Crippen molar-refractivity contribution in [1.82, 2.24) is 14.4 Å². The number of aliphatic hydroxyl groups excluding tert-OH is 1. The third-order valence-electron chi connectivity index (χ3n) is 8.19. The molecule has 5 nitrogen and oxygen atoms in total. The van der Waals surface area contributed by atoms with E-state index in [1.165, 1.54) is 34.9 Å². The van der Waals surface area contributed by atoms with Crippen molar-refractivity contribution in [1.29, 1.82) is 0 Å². The lowest BCUT2D eigenvalue weighted by atomic mass is 9.71. The van der Waals surface area contributed by atoms with Crippen LogP contribution in [0.2, 0.25) is 0 Å². The molecule has 176 valence electrons. The molecule has 1 spiro atoms. The van der Waals surface area contributed by atoms with Crippen LogP contribution in [0.3, 0.4) is 0 Å². The standard InChI is InChI=1S/C28H37N3O2/c1-29-17-23(26-16-25(33-2)8-9-27(26)29)18-30-14-11-28(12-15-30)21-31(19-24(28)20-32)13-10-22-6-4-3-5-7-22/h3-9,16-17,24,32H,10-15,18-21H2,1-2H3. The molecule has 2 aromatic carbocycles. The summed E-state index contributed by atoms with van der Waals surface area (Å²) >= 11 is 0. The minimum Gasteiger partial charge on any atom is -0.497 e. The topological polar surface area (TPSA) is 40.9 Å². The predicted octanol–water partition coefficient (Wildman–Crippen LogP) is 3.94. The van der Waals surface area contributed by atoms with Gasteiger partial charge in [-0.15, -0.1) is 0 Å². The van der Waals surface area contributed by atoms with Crippen LogP contribution in [0.15, 0.2) is 54.7 Å². The number of hydrogen-bond acceptors (Lipinski definition) is 4. The van der Waals surface area contributed by atoms with E-state index in [0.29, 0.717) is 12.5 Å². The van der Waals surface area contributed by atoms with Gasteiger partial charge < -0.3 is 19.3 Å². The smallest absolute Gasteiger partial charge is 0.119 e. The van der Waals surface area contributed by atoms with Gasteiger partial charge in [0.25, 0.3) is 0 Å². The van der Waals surface area contributed by atoms with Gasteiger partial charge in [0.05, 0.1) is 7.11 Å². The van der Waals surface area contributed by atoms with E-state index < -0.39 is 0 Å². The molecule has 1 aromatic heterocycles. The van der Waals surface area contributed by atoms with E-state index in [1.54, 1.807) is 7.11 Å². The lowest BCUT2D eigenvalue weighted by molar-refractivity contribution is 0.0485. The van der Waals surface area contributed by atoms with Crippen LogP contribution in [0, 0.1) is 11.3 Å². The van der Waals surface area contributed by atoms with Gasteiger partial charge in [0.2, 0.25) is 0 Å². The number of methoxy groups -OCH3 is 1. The summed E-state index contributed by atoms with van der Waals surface area (Å²) < 4.78 is 7.69. The zero-order valence-corrected chi connectivity index (χ0v) is 20.0. The molecule has 3 heterocycles. The Bertz CT molecular complexity index is 1070. The highest BCUT2D eigenvalue weighted by atomic mass is 16.5. The van der Waals surface area contributed by atoms with Crippen molar-refractivity contribution in [2.75, 3.05) is 46.4 Å². The first-order chi connectivity index (χ1) is 16.1. The van der Waals surface area contributed by atoms with Crippen LogP contribution < -0.4 is 4.74 Å². The average molecular weight is 448 g/mol. The largest absolute Gasteiger partial charge is 0.497 e. The fourth-order valence-electron chi connectivity index (χ4n) is 6.17. The maximum atomic E-state index is 10.2. The van der Waals surface area contributed by atoms with E-state index in [-0.39, 0.29) is 5.41 Å². The number of rotatable bonds is 7. The highest BCUT2D eigenvalue weighted by Crippen LogP contribution is 2.45. The summed E-state index contributed by atoms with van der Waals surface area (Å²) in [6.45, 7) is 6.74. The van der Waals surface area contributed by atoms with Crippen molar-refractivity contribution in [3.8, 4) is 5.75 Å². The Morgan fingerprint density at radius 1 is 1.06 bits per heavy atom. The van der Waals surface area contributed by atoms with Crippen molar-refractivity contribution in [3.63, 3.8) is 0 Å². The molecular weight excluding hydrogens is 410 g/mol. The van der Waals surface area contributed by atoms with Crippen LogP contribution in [0.25, 0.3) is 10.9 Å². The van der Waals surface area contributed by atoms with Gasteiger partial charge in [-0.25, -0.2) is 0 Å². The number of hydrogen-bond donors (Lipinski definition) is 1. The fraction of sp³-hybridized carbons (Fsp3) is 0.500. The predicted molar refractivity (Wildman–Crippen MR) is 134 cm³/mol. The van der Waals surface area contributed by atoms with Gasteiger partial charge in [-0.2, -0.15) is 0 Å². The highest BCUT2D eigenvalue weighted by molar-refractivity contribution is 5.85. The molecule has 1 unspecified atom stereocenters. The van der Waals surface area contributed by atoms with E-state index in [0.717, 1.165) is 51.4 Å². The number of ether oxygens (including phenoxy) is 1. The number of aliphatic hydroxyl groups is 1. The van der Waals surface area contributed by atoms with Crippen molar-refractivity contribution in [2.24, 2.45) is 18.4 Å². The van der Waals surface area contributed by atoms with Gasteiger partial charge >= 0.3 is 0 Å². The molecule has 0 amide bonds. The Morgan fingerprint density at radius 2 is 1.85 bits per heavy atom. The number of benzene rings is 2. The minimum atomic E-state index is 0.268. The van der Waals surface area contributed by atoms with E-state index in [1.807, 2.05) is 6.07 Å². The molecule has 0 aliphatic carbocycles. The number of aryl methyl sites for hydroxylation is 1. The molecular formula is C28H37N3O2. The van der Waals surface area contributed by atoms with Gasteiger partial charge in [-0.1, -0.05) is 30.3 Å². The molecule has 2 aliphatic heterocycles. The van der Waals surface area contributed by atoms with Crippen molar-refractivity contribution in [3.05, 3.63) is 65.9 Å². The molecule has 2 fully saturated rings. The Labute approximate surface area is 197 Å². The summed E-state index contributed by atoms with van der Waals surface area (Å²) in [5.41, 5.74) is 4.30. The van der Waals surface area contributed by atoms with Crippen LogP contribution >= 0.6 is 0 Å². The zero-order chi connectivity index (χ0) is 22.8. The molecule has 5 heteroatoms. The highest BCUT2D eigenvalue weighted by Gasteiger charge is 2.47. The summed E-state index contributed by atoms with van der Waals surface area (Å²) in [4.78, 5) is 5.20. The molecule has 0 saturated carbocycles. The van der Waals surface area contributed by atoms with Crippen LogP contribution in [0.4, 0.5) is 0 Å². The minimum absolute atomic E-state index is 0.268. The van der Waals surface area contributed by atoms with Gasteiger partial charge in [0.15, 0.2) is 0 Å². The summed E-state index contributed by atoms with van der Waals surface area (Å²) in [6, 6.07) is 17.1. The first-order valence-electron chi connectivity index (χ1n) is 12.3. The molecule has 2 saturated heterocycles. The van der Waals surface area contributed by atoms with Crippen molar-refractivity contribution < 1.29 is 9.84 Å². The Hall–Kier alpha value is -2.34. The van der Waals surface area contributed by atoms with E-state index in [9.17, 15) is 5.11 Å². The van der Waals surface area contributed by atoms with Crippen molar-refractivity contribution >= 4 is 10.9 Å². The average Bonchev–Trinajstić information content (AvgIpc) is 3.36. The SMILES string of the molecule is COc1ccc2c(c1)c(CN1CCC3(CC1)CN(CCc1ccccc1)CC3CO)cn2C. The number of nitrogens with zero attached hydrogens (tertiary/aromatic N) is 3. The molecule has 3 aromatic rings. The van der Waals surface area contributed by atoms with Crippen LogP contribution in [0.5, 0.6) is 5.75 Å². The second-order valence-electron chi connectivity index (χ2n) is 10.1. The van der Waals surface area contributed by atoms with Gasteiger partial charge in [-0.05, 0) is 67.1 Å². The van der Waals surface area contributed by atoms with Crippen LogP contribution in [-0.4, -0.2) is 65.9 Å². The molecule has 0 bridgehead atoms. The molecule has 1 N–H and O–H groups in total. The lowest BCUT2D eigenvalue weighted by Crippen LogP contribution is -2.44. The Kier molecular flexibility index (Phi) is 6.46. The second kappa shape index (κ2) is 9.49. The first kappa shape index (κ1) is 22.5. The normalized spacial score (nSPS) is 21.2. The van der Waals surface area contributed by atoms with E-state index in [4.69, 9.17) is 4.74 Å². The molecule has 2 aliphatic rings. The summed E-state index contributed by atoms with van der Waals surface area (Å²) in [5.74, 6) is 1.32. The third-order valence-corrected chi connectivity index (χ3v) is 8.19. The Morgan fingerprint density at radius 3 is 2.58 bits per heavy atom. The third kappa shape index (κ3) is 4.54. The summed E-state index contributed by atoms with van der Waals surface area (Å²) in [6.07, 6.45) is 5.71. The lowest BCUT2D eigenvalue weighted by Gasteiger charge is -2.42. The van der Waals surface area contributed by atoms with Gasteiger partial charge in [0, 0.05) is 62.9 Å². The maximum absolute atomic E-state index is 10.2. The number of likely N-dealkylation sites (tertiary alicyclic amines) is 2. The second-order valence-corrected chi connectivity index (χ2v) is 10.1. The molecule has 0 radical (unpaired) electrons. The van der Waals surface area contributed by atoms with Crippen LogP contribution in [0.1, 0.15) is 24.0 Å². The molecule has 1 atom stereocenters. The van der Waals surface area contributed by atoms with E-state index >= 15 is 0 Å². The van der Waals surface area contributed by atoms with Crippen molar-refractivity contribution in [2.45, 2.75) is 25.8 Å². The maximum Gasteiger partial charge on any atom is 0.119 e. The zero-order valence-electron chi connectivity index (χ0n) is 20.0. The molecule has 5 rings (SSSR count). The number of piperidine rings is 1. The summed E-state index contributed by atoms with van der Waals surface area (Å²) in [5, 5.41) is 11.5. The van der Waals surface area contributed by atoms with Crippen LogP contribution in [-0.2, 0) is 20.0 Å². The van der Waals surface area contributed by atoms with E-state index in [2.05, 4.69) is 70.1 Å². The van der Waals surface area contributed by atoms with Gasteiger partial charge in [-0.3, -0.25) is 4.90 Å². The number of aromatic nitrogens is 1. The molecule has 33 heavy (non-hydrogen) atoms. The first-order valence-corrected chi connectivity index (χ1v) is 12.3. The Balaban J connectivity index is 1.22. The van der Waals surface area contributed by atoms with Gasteiger partial charge in [0.1, 0.15) is 5.75 Å². The fourth-order valence-corrected chi connectivity index (χ4v) is 6.17.